The molecule has 10 heteroatoms. The van der Waals surface area contributed by atoms with Crippen LogP contribution in [0.2, 0.25) is 0 Å². The van der Waals surface area contributed by atoms with Gasteiger partial charge in [-0.15, -0.1) is 0 Å². The van der Waals surface area contributed by atoms with Crippen molar-refractivity contribution in [3.05, 3.63) is 59.7 Å². The lowest BCUT2D eigenvalue weighted by Gasteiger charge is -2.39. The fourth-order valence-electron chi connectivity index (χ4n) is 5.51. The van der Waals surface area contributed by atoms with Crippen LogP contribution in [0, 0.1) is 18.6 Å². The number of hydrogen-bond donors (Lipinski definition) is 1. The van der Waals surface area contributed by atoms with Gasteiger partial charge in [-0.25, -0.2) is 33.1 Å². The zero-order chi connectivity index (χ0) is 27.9. The zero-order valence-corrected chi connectivity index (χ0v) is 23.0. The van der Waals surface area contributed by atoms with Crippen LogP contribution in [0.1, 0.15) is 63.9 Å². The van der Waals surface area contributed by atoms with E-state index in [-0.39, 0.29) is 34.7 Å². The normalized spacial score (nSPS) is 16.6. The fourth-order valence-corrected chi connectivity index (χ4v) is 5.51. The van der Waals surface area contributed by atoms with Crippen molar-refractivity contribution in [2.75, 3.05) is 25.0 Å². The number of aromatic nitrogens is 5. The van der Waals surface area contributed by atoms with Crippen molar-refractivity contribution in [2.45, 2.75) is 65.1 Å². The third-order valence-corrected chi connectivity index (χ3v) is 7.90. The Kier molecular flexibility index (Phi) is 7.33. The number of halogens is 3. The summed E-state index contributed by atoms with van der Waals surface area (Å²) in [7, 11) is 0. The lowest BCUT2D eigenvalue weighted by atomic mass is 9.79. The van der Waals surface area contributed by atoms with E-state index in [1.807, 2.05) is 38.3 Å². The first kappa shape index (κ1) is 27.1. The first-order valence-corrected chi connectivity index (χ1v) is 13.4. The fraction of sp³-hybridized carbons (Fsp3) is 0.448. The summed E-state index contributed by atoms with van der Waals surface area (Å²) in [5.41, 5.74) is 0.603. The minimum Gasteiger partial charge on any atom is -0.326 e. The second-order valence-corrected chi connectivity index (χ2v) is 10.6. The molecule has 1 fully saturated rings. The molecule has 39 heavy (non-hydrogen) atoms. The Hall–Kier alpha value is -3.53. The number of anilines is 2. The molecule has 1 aromatic carbocycles. The van der Waals surface area contributed by atoms with E-state index in [1.54, 1.807) is 18.3 Å². The predicted octanol–water partition coefficient (Wildman–Crippen LogP) is 6.73. The molecular formula is C29H34F3N7. The van der Waals surface area contributed by atoms with Gasteiger partial charge in [0.05, 0.1) is 11.7 Å². The highest BCUT2D eigenvalue weighted by molar-refractivity contribution is 5.83. The average Bonchev–Trinajstić information content (AvgIpc) is 3.27. The van der Waals surface area contributed by atoms with Crippen LogP contribution in [0.4, 0.5) is 24.9 Å². The van der Waals surface area contributed by atoms with Crippen molar-refractivity contribution in [3.63, 3.8) is 0 Å². The molecule has 7 nitrogen and oxygen atoms in total. The van der Waals surface area contributed by atoms with Crippen LogP contribution in [-0.2, 0) is 0 Å². The van der Waals surface area contributed by atoms with Crippen LogP contribution in [0.3, 0.4) is 0 Å². The summed E-state index contributed by atoms with van der Waals surface area (Å²) >= 11 is 0. The summed E-state index contributed by atoms with van der Waals surface area (Å²) in [6.45, 7) is 12.2. The van der Waals surface area contributed by atoms with E-state index in [9.17, 15) is 8.78 Å². The highest BCUT2D eigenvalue weighted by Gasteiger charge is 2.40. The third kappa shape index (κ3) is 5.22. The van der Waals surface area contributed by atoms with Crippen molar-refractivity contribution in [1.29, 1.82) is 0 Å². The Morgan fingerprint density at radius 3 is 2.38 bits per heavy atom. The number of imidazole rings is 1. The summed E-state index contributed by atoms with van der Waals surface area (Å²) in [6, 6.07) is 6.56. The maximum Gasteiger partial charge on any atom is 0.229 e. The average molecular weight is 538 g/mol. The van der Waals surface area contributed by atoms with Crippen molar-refractivity contribution >= 4 is 22.8 Å². The molecule has 0 amide bonds. The van der Waals surface area contributed by atoms with Gasteiger partial charge in [-0.2, -0.15) is 0 Å². The Balaban J connectivity index is 1.38. The molecule has 0 aliphatic carbocycles. The van der Waals surface area contributed by atoms with Crippen LogP contribution in [0.5, 0.6) is 0 Å². The molecule has 5 rings (SSSR count). The summed E-state index contributed by atoms with van der Waals surface area (Å²) in [5.74, 6) is -0.286. The molecule has 0 bridgehead atoms. The van der Waals surface area contributed by atoms with E-state index >= 15 is 4.39 Å². The van der Waals surface area contributed by atoms with E-state index in [0.29, 0.717) is 30.0 Å². The van der Waals surface area contributed by atoms with Crippen LogP contribution >= 0.6 is 0 Å². The molecule has 1 saturated heterocycles. The van der Waals surface area contributed by atoms with Gasteiger partial charge in [-0.05, 0) is 63.9 Å². The lowest BCUT2D eigenvalue weighted by Crippen LogP contribution is -2.44. The topological polar surface area (TPSA) is 71.8 Å². The Labute approximate surface area is 226 Å². The van der Waals surface area contributed by atoms with E-state index in [2.05, 4.69) is 37.1 Å². The van der Waals surface area contributed by atoms with Crippen LogP contribution < -0.4 is 5.32 Å². The molecule has 1 atom stereocenters. The van der Waals surface area contributed by atoms with Crippen LogP contribution in [0.25, 0.3) is 22.3 Å². The quantitative estimate of drug-likeness (QED) is 0.282. The molecular weight excluding hydrogens is 503 g/mol. The van der Waals surface area contributed by atoms with Gasteiger partial charge in [0, 0.05) is 36.8 Å². The largest absolute Gasteiger partial charge is 0.326 e. The molecule has 1 unspecified atom stereocenters. The molecule has 0 saturated carbocycles. The van der Waals surface area contributed by atoms with Crippen molar-refractivity contribution < 1.29 is 13.2 Å². The summed E-state index contributed by atoms with van der Waals surface area (Å²) in [4.78, 5) is 19.4. The van der Waals surface area contributed by atoms with Gasteiger partial charge in [0.2, 0.25) is 5.95 Å². The molecule has 206 valence electrons. The number of aryl methyl sites for hydroxylation is 1. The maximum atomic E-state index is 15.7. The van der Waals surface area contributed by atoms with E-state index < -0.39 is 17.3 Å². The molecule has 0 spiro atoms. The monoisotopic (exact) mass is 537 g/mol. The maximum absolute atomic E-state index is 15.7. The van der Waals surface area contributed by atoms with Gasteiger partial charge in [0.15, 0.2) is 11.6 Å². The number of nitrogens with zero attached hydrogens (tertiary/aromatic N) is 6. The Morgan fingerprint density at radius 2 is 1.74 bits per heavy atom. The minimum absolute atomic E-state index is 0.0366. The van der Waals surface area contributed by atoms with Gasteiger partial charge in [0.1, 0.15) is 28.5 Å². The Bertz CT molecular complexity index is 1470. The number of benzene rings is 1. The van der Waals surface area contributed by atoms with E-state index in [0.717, 1.165) is 31.4 Å². The molecule has 1 N–H and O–H groups in total. The highest BCUT2D eigenvalue weighted by Crippen LogP contribution is 2.40. The first-order chi connectivity index (χ1) is 18.6. The second kappa shape index (κ2) is 10.6. The number of nitrogens with one attached hydrogen (secondary N) is 1. The lowest BCUT2D eigenvalue weighted by molar-refractivity contribution is 0.0408. The Morgan fingerprint density at radius 1 is 1.00 bits per heavy atom. The van der Waals surface area contributed by atoms with Gasteiger partial charge >= 0.3 is 0 Å². The number of rotatable bonds is 7. The smallest absolute Gasteiger partial charge is 0.229 e. The van der Waals surface area contributed by atoms with E-state index in [4.69, 9.17) is 0 Å². The van der Waals surface area contributed by atoms with Gasteiger partial charge in [0.25, 0.3) is 0 Å². The third-order valence-electron chi connectivity index (χ3n) is 7.90. The van der Waals surface area contributed by atoms with Crippen molar-refractivity contribution in [2.24, 2.45) is 0 Å². The van der Waals surface area contributed by atoms with Gasteiger partial charge in [-0.1, -0.05) is 19.9 Å². The van der Waals surface area contributed by atoms with Gasteiger partial charge < -0.3 is 14.8 Å². The molecule has 1 aliphatic heterocycles. The molecule has 1 aliphatic rings. The molecule has 3 aromatic heterocycles. The van der Waals surface area contributed by atoms with Crippen molar-refractivity contribution in [3.8, 4) is 11.3 Å². The summed E-state index contributed by atoms with van der Waals surface area (Å²) in [5, 5.41) is 2.98. The van der Waals surface area contributed by atoms with Crippen LogP contribution in [-0.4, -0.2) is 54.7 Å². The van der Waals surface area contributed by atoms with E-state index in [1.165, 1.54) is 6.07 Å². The molecule has 0 radical (unpaired) electrons. The summed E-state index contributed by atoms with van der Waals surface area (Å²) in [6.07, 6.45) is 3.70. The minimum atomic E-state index is -1.27. The first-order valence-electron chi connectivity index (χ1n) is 13.4. The number of alkyl halides is 1. The van der Waals surface area contributed by atoms with Crippen LogP contribution in [0.15, 0.2) is 36.7 Å². The molecule has 4 heterocycles. The number of pyridine rings is 1. The summed E-state index contributed by atoms with van der Waals surface area (Å²) < 4.78 is 47.4. The number of hydrogen-bond acceptors (Lipinski definition) is 6. The highest BCUT2D eigenvalue weighted by atomic mass is 19.1. The molecule has 4 aromatic rings. The van der Waals surface area contributed by atoms with Crippen molar-refractivity contribution in [1.82, 2.24) is 29.4 Å². The standard InChI is InChI=1S/C29H34F3N7/c1-6-38-11-9-29(32,10-12-38)18(4)20-7-8-25(33-15-20)36-28-34-16-23(31)26(37-28)21-13-22(30)27-24(14-21)39(17(2)3)19(5)35-27/h7-8,13-18H,6,9-12H2,1-5H3,(H,33,34,36,37). The predicted molar refractivity (Wildman–Crippen MR) is 147 cm³/mol. The zero-order valence-electron chi connectivity index (χ0n) is 23.0. The number of likely N-dealkylation sites (tertiary alicyclic amines) is 1. The SMILES string of the molecule is CCN1CCC(F)(C(C)c2ccc(Nc3ncc(F)c(-c4cc(F)c5nc(C)n(C(C)C)c5c4)n3)nc2)CC1. The number of piperidine rings is 1. The second-order valence-electron chi connectivity index (χ2n) is 10.6. The number of fused-ring (bicyclic) bond motifs is 1. The van der Waals surface area contributed by atoms with Gasteiger partial charge in [-0.3, -0.25) is 0 Å².